The first-order valence-corrected chi connectivity index (χ1v) is 11.3. The molecule has 0 saturated carbocycles. The van der Waals surface area contributed by atoms with Crippen molar-refractivity contribution in [3.05, 3.63) is 58.9 Å². The van der Waals surface area contributed by atoms with Gasteiger partial charge in [0.25, 0.3) is 0 Å². The summed E-state index contributed by atoms with van der Waals surface area (Å²) in [6.07, 6.45) is 0. The van der Waals surface area contributed by atoms with Gasteiger partial charge in [0.15, 0.2) is 11.6 Å². The zero-order chi connectivity index (χ0) is 23.4. The molecule has 0 aliphatic carbocycles. The molecule has 0 spiro atoms. The van der Waals surface area contributed by atoms with E-state index in [4.69, 9.17) is 11.6 Å². The zero-order valence-electron chi connectivity index (χ0n) is 19.4. The first-order valence-electron chi connectivity index (χ1n) is 10.7. The minimum absolute atomic E-state index is 0.0559. The number of hydrogen-bond donors (Lipinski definition) is 1. The minimum Gasteiger partial charge on any atom is -0.507 e. The van der Waals surface area contributed by atoms with E-state index in [-0.39, 0.29) is 34.8 Å². The summed E-state index contributed by atoms with van der Waals surface area (Å²) >= 11 is 5.96. The quantitative estimate of drug-likeness (QED) is 0.323. The standard InChI is InChI=1S/C25H29ClN4O2/c1-24(2,3)16-11-15(12-17(22(16)32)25(4,5)6)20(31)14-29-18-9-7-8-10-19(18)30-23(29)27-21(13-26)28-30/h7-12,32H,13-14H2,1-6H3. The van der Waals surface area contributed by atoms with Gasteiger partial charge in [-0.3, -0.25) is 4.79 Å². The summed E-state index contributed by atoms with van der Waals surface area (Å²) in [6, 6.07) is 11.4. The molecule has 2 aromatic carbocycles. The number of nitrogens with zero attached hydrogens (tertiary/aromatic N) is 4. The summed E-state index contributed by atoms with van der Waals surface area (Å²) < 4.78 is 3.61. The predicted octanol–water partition coefficient (Wildman–Crippen LogP) is 5.61. The third kappa shape index (κ3) is 3.77. The molecule has 0 saturated heterocycles. The van der Waals surface area contributed by atoms with E-state index in [9.17, 15) is 9.90 Å². The van der Waals surface area contributed by atoms with Crippen LogP contribution in [-0.2, 0) is 23.3 Å². The Balaban J connectivity index is 1.86. The molecule has 0 aliphatic rings. The number of carbonyl (C=O) groups is 1. The zero-order valence-corrected chi connectivity index (χ0v) is 20.2. The fourth-order valence-electron chi connectivity index (χ4n) is 4.05. The summed E-state index contributed by atoms with van der Waals surface area (Å²) in [5.41, 5.74) is 3.24. The molecule has 7 heteroatoms. The van der Waals surface area contributed by atoms with Gasteiger partial charge in [0.2, 0.25) is 5.78 Å². The Labute approximate surface area is 192 Å². The highest BCUT2D eigenvalue weighted by atomic mass is 35.5. The number of aromatic hydroxyl groups is 1. The van der Waals surface area contributed by atoms with Gasteiger partial charge in [-0.1, -0.05) is 53.7 Å². The maximum atomic E-state index is 13.6. The van der Waals surface area contributed by atoms with Gasteiger partial charge in [0, 0.05) is 16.7 Å². The maximum absolute atomic E-state index is 13.6. The summed E-state index contributed by atoms with van der Waals surface area (Å²) in [5, 5.41) is 15.5. The second-order valence-corrected chi connectivity index (χ2v) is 10.6. The number of imidazole rings is 1. The van der Waals surface area contributed by atoms with Crippen LogP contribution >= 0.6 is 11.6 Å². The third-order valence-electron chi connectivity index (χ3n) is 5.75. The van der Waals surface area contributed by atoms with Crippen molar-refractivity contribution in [2.75, 3.05) is 0 Å². The normalized spacial score (nSPS) is 12.7. The Bertz CT molecular complexity index is 1300. The number of ketones is 1. The van der Waals surface area contributed by atoms with Crippen LogP contribution in [0.2, 0.25) is 0 Å². The molecule has 6 nitrogen and oxygen atoms in total. The van der Waals surface area contributed by atoms with Gasteiger partial charge < -0.3 is 9.67 Å². The van der Waals surface area contributed by atoms with Crippen molar-refractivity contribution in [3.8, 4) is 5.75 Å². The van der Waals surface area contributed by atoms with Gasteiger partial charge in [-0.15, -0.1) is 16.7 Å². The van der Waals surface area contributed by atoms with Gasteiger partial charge >= 0.3 is 0 Å². The number of Topliss-reactive ketones (excluding diaryl/α,β-unsaturated/α-hetero) is 1. The molecule has 0 amide bonds. The van der Waals surface area contributed by atoms with Crippen molar-refractivity contribution in [3.63, 3.8) is 0 Å². The Morgan fingerprint density at radius 3 is 2.09 bits per heavy atom. The van der Waals surface area contributed by atoms with Crippen LogP contribution in [0.1, 0.15) is 68.9 Å². The average Bonchev–Trinajstić information content (AvgIpc) is 3.25. The van der Waals surface area contributed by atoms with E-state index >= 15 is 0 Å². The van der Waals surface area contributed by atoms with Crippen LogP contribution < -0.4 is 0 Å². The minimum atomic E-state index is -0.309. The van der Waals surface area contributed by atoms with Gasteiger partial charge in [0.05, 0.1) is 23.5 Å². The first-order chi connectivity index (χ1) is 14.9. The molecule has 4 rings (SSSR count). The van der Waals surface area contributed by atoms with Crippen LogP contribution in [0.25, 0.3) is 16.8 Å². The molecule has 4 aromatic rings. The summed E-state index contributed by atoms with van der Waals surface area (Å²) in [4.78, 5) is 18.1. The highest BCUT2D eigenvalue weighted by molar-refractivity contribution is 6.16. The number of phenolic OH excluding ortho intramolecular Hbond substituents is 1. The van der Waals surface area contributed by atoms with Crippen LogP contribution in [0.4, 0.5) is 0 Å². The van der Waals surface area contributed by atoms with Gasteiger partial charge in [-0.05, 0) is 35.1 Å². The SMILES string of the molecule is CC(C)(C)c1cc(C(=O)Cn2c3ccccc3n3nc(CCl)nc23)cc(C(C)(C)C)c1O. The van der Waals surface area contributed by atoms with Gasteiger partial charge in [0.1, 0.15) is 5.75 Å². The van der Waals surface area contributed by atoms with Crippen molar-refractivity contribution >= 4 is 34.2 Å². The van der Waals surface area contributed by atoms with Crippen molar-refractivity contribution in [2.45, 2.75) is 64.8 Å². The number of alkyl halides is 1. The number of carbonyl (C=O) groups excluding carboxylic acids is 1. The number of fused-ring (bicyclic) bond motifs is 3. The topological polar surface area (TPSA) is 72.4 Å². The maximum Gasteiger partial charge on any atom is 0.234 e. The number of hydrogen-bond acceptors (Lipinski definition) is 4. The molecule has 0 fully saturated rings. The lowest BCUT2D eigenvalue weighted by atomic mass is 9.78. The van der Waals surface area contributed by atoms with E-state index < -0.39 is 0 Å². The number of benzene rings is 2. The lowest BCUT2D eigenvalue weighted by Crippen LogP contribution is -2.20. The van der Waals surface area contributed by atoms with Crippen LogP contribution in [0.3, 0.4) is 0 Å². The van der Waals surface area contributed by atoms with Crippen molar-refractivity contribution in [1.82, 2.24) is 19.2 Å². The average molecular weight is 453 g/mol. The monoisotopic (exact) mass is 452 g/mol. The fraction of sp³-hybridized carbons (Fsp3) is 0.400. The third-order valence-corrected chi connectivity index (χ3v) is 5.98. The molecule has 0 radical (unpaired) electrons. The molecule has 168 valence electrons. The van der Waals surface area contributed by atoms with Gasteiger partial charge in [-0.2, -0.15) is 9.50 Å². The van der Waals surface area contributed by atoms with E-state index in [0.29, 0.717) is 17.2 Å². The Morgan fingerprint density at radius 1 is 1.00 bits per heavy atom. The smallest absolute Gasteiger partial charge is 0.234 e. The Kier molecular flexibility index (Phi) is 5.32. The molecular weight excluding hydrogens is 424 g/mol. The summed E-state index contributed by atoms with van der Waals surface area (Å²) in [5.74, 6) is 1.51. The number of phenols is 1. The molecule has 1 N–H and O–H groups in total. The van der Waals surface area contributed by atoms with E-state index in [1.807, 2.05) is 82.5 Å². The van der Waals surface area contributed by atoms with Crippen molar-refractivity contribution < 1.29 is 9.90 Å². The second-order valence-electron chi connectivity index (χ2n) is 10.3. The number of para-hydroxylation sites is 2. The van der Waals surface area contributed by atoms with Crippen molar-refractivity contribution in [1.29, 1.82) is 0 Å². The predicted molar refractivity (Wildman–Crippen MR) is 128 cm³/mol. The molecule has 0 atom stereocenters. The first kappa shape index (κ1) is 22.3. The van der Waals surface area contributed by atoms with Crippen LogP contribution in [0, 0.1) is 0 Å². The molecule has 32 heavy (non-hydrogen) atoms. The van der Waals surface area contributed by atoms with E-state index in [1.54, 1.807) is 4.52 Å². The summed E-state index contributed by atoms with van der Waals surface area (Å²) in [6.45, 7) is 12.3. The van der Waals surface area contributed by atoms with E-state index in [1.165, 1.54) is 0 Å². The molecule has 0 unspecified atom stereocenters. The Hall–Kier alpha value is -2.86. The van der Waals surface area contributed by atoms with Crippen LogP contribution in [0.15, 0.2) is 36.4 Å². The lowest BCUT2D eigenvalue weighted by molar-refractivity contribution is 0.0974. The number of aromatic nitrogens is 4. The van der Waals surface area contributed by atoms with E-state index in [2.05, 4.69) is 10.1 Å². The molecule has 0 bridgehead atoms. The molecule has 0 aliphatic heterocycles. The number of halogens is 1. The van der Waals surface area contributed by atoms with Crippen LogP contribution in [-0.4, -0.2) is 30.1 Å². The second kappa shape index (κ2) is 7.62. The molecule has 2 aromatic heterocycles. The van der Waals surface area contributed by atoms with Gasteiger partial charge in [-0.25, -0.2) is 0 Å². The molecular formula is C25H29ClN4O2. The summed E-state index contributed by atoms with van der Waals surface area (Å²) in [7, 11) is 0. The highest BCUT2D eigenvalue weighted by Crippen LogP contribution is 2.40. The molecule has 2 heterocycles. The Morgan fingerprint density at radius 2 is 1.56 bits per heavy atom. The largest absolute Gasteiger partial charge is 0.507 e. The highest BCUT2D eigenvalue weighted by Gasteiger charge is 2.28. The van der Waals surface area contributed by atoms with Crippen molar-refractivity contribution in [2.24, 2.45) is 0 Å². The van der Waals surface area contributed by atoms with E-state index in [0.717, 1.165) is 22.2 Å². The van der Waals surface area contributed by atoms with Crippen LogP contribution in [0.5, 0.6) is 5.75 Å². The fourth-order valence-corrected chi connectivity index (χ4v) is 4.16. The number of rotatable bonds is 4. The lowest BCUT2D eigenvalue weighted by Gasteiger charge is -2.28.